The van der Waals surface area contributed by atoms with Crippen LogP contribution in [-0.4, -0.2) is 57.5 Å². The molecule has 0 saturated heterocycles. The van der Waals surface area contributed by atoms with E-state index in [0.29, 0.717) is 16.3 Å². The van der Waals surface area contributed by atoms with Gasteiger partial charge in [-0.1, -0.05) is 66.2 Å². The Morgan fingerprint density at radius 2 is 1.47 bits per heavy atom. The molecule has 1 N–H and O–H groups in total. The van der Waals surface area contributed by atoms with E-state index in [4.69, 9.17) is 21.1 Å². The molecule has 0 aliphatic rings. The zero-order chi connectivity index (χ0) is 34.2. The van der Waals surface area contributed by atoms with Gasteiger partial charge in [0.25, 0.3) is 10.0 Å². The van der Waals surface area contributed by atoms with Crippen molar-refractivity contribution in [2.45, 2.75) is 50.2 Å². The SMILES string of the molecule is COc1ccc(S(=O)(=O)N(CC(=O)N(Cc2cccc(Cl)c2)C(Cc2ccccc2)C(=O)NC(C)(C)C)c2ccccc2OC)cc1. The molecule has 9 nitrogen and oxygen atoms in total. The van der Waals surface area contributed by atoms with Crippen molar-refractivity contribution in [2.75, 3.05) is 25.1 Å². The van der Waals surface area contributed by atoms with Gasteiger partial charge in [-0.15, -0.1) is 0 Å². The van der Waals surface area contributed by atoms with Gasteiger partial charge in [-0.2, -0.15) is 0 Å². The number of hydrogen-bond acceptors (Lipinski definition) is 6. The third kappa shape index (κ3) is 9.27. The summed E-state index contributed by atoms with van der Waals surface area (Å²) in [5.41, 5.74) is 1.07. The predicted molar refractivity (Wildman–Crippen MR) is 184 cm³/mol. The number of sulfonamides is 1. The summed E-state index contributed by atoms with van der Waals surface area (Å²) < 4.78 is 40.4. The fourth-order valence-corrected chi connectivity index (χ4v) is 6.70. The van der Waals surface area contributed by atoms with E-state index in [2.05, 4.69) is 5.32 Å². The molecule has 0 radical (unpaired) electrons. The number of nitrogens with one attached hydrogen (secondary N) is 1. The Kier molecular flexibility index (Phi) is 11.5. The molecule has 0 fully saturated rings. The maximum atomic E-state index is 14.6. The number of hydrogen-bond donors (Lipinski definition) is 1. The first-order chi connectivity index (χ1) is 22.3. The minimum atomic E-state index is -4.32. The van der Waals surface area contributed by atoms with Gasteiger partial charge in [0.2, 0.25) is 11.8 Å². The Bertz CT molecular complexity index is 1780. The van der Waals surface area contributed by atoms with Gasteiger partial charge in [0.1, 0.15) is 24.1 Å². The lowest BCUT2D eigenvalue weighted by Crippen LogP contribution is -2.56. The highest BCUT2D eigenvalue weighted by molar-refractivity contribution is 7.92. The average Bonchev–Trinajstić information content (AvgIpc) is 3.04. The molecule has 2 amide bonds. The monoisotopic (exact) mass is 677 g/mol. The molecule has 4 aromatic rings. The molecular weight excluding hydrogens is 638 g/mol. The van der Waals surface area contributed by atoms with Crippen molar-refractivity contribution in [1.29, 1.82) is 0 Å². The van der Waals surface area contributed by atoms with Gasteiger partial charge in [0, 0.05) is 23.5 Å². The number of carbonyl (C=O) groups is 2. The van der Waals surface area contributed by atoms with Crippen LogP contribution in [0.25, 0.3) is 0 Å². The Balaban J connectivity index is 1.85. The quantitative estimate of drug-likeness (QED) is 0.183. The Morgan fingerprint density at radius 1 is 0.830 bits per heavy atom. The van der Waals surface area contributed by atoms with Crippen LogP contribution < -0.4 is 19.1 Å². The highest BCUT2D eigenvalue weighted by Crippen LogP contribution is 2.33. The highest BCUT2D eigenvalue weighted by Gasteiger charge is 2.36. The summed E-state index contributed by atoms with van der Waals surface area (Å²) in [4.78, 5) is 30.0. The lowest BCUT2D eigenvalue weighted by molar-refractivity contribution is -0.140. The van der Waals surface area contributed by atoms with E-state index in [0.717, 1.165) is 9.87 Å². The van der Waals surface area contributed by atoms with E-state index in [1.54, 1.807) is 48.5 Å². The summed E-state index contributed by atoms with van der Waals surface area (Å²) in [7, 11) is -1.41. The fraction of sp³-hybridized carbons (Fsp3) is 0.278. The summed E-state index contributed by atoms with van der Waals surface area (Å²) in [5.74, 6) is -0.244. The minimum Gasteiger partial charge on any atom is -0.497 e. The lowest BCUT2D eigenvalue weighted by atomic mass is 10.0. The number of rotatable bonds is 13. The number of carbonyl (C=O) groups excluding carboxylic acids is 2. The fourth-order valence-electron chi connectivity index (χ4n) is 5.06. The van der Waals surface area contributed by atoms with Crippen molar-refractivity contribution in [3.8, 4) is 11.5 Å². The van der Waals surface area contributed by atoms with E-state index in [-0.39, 0.29) is 35.2 Å². The van der Waals surface area contributed by atoms with Crippen LogP contribution in [0.2, 0.25) is 5.02 Å². The second-order valence-electron chi connectivity index (χ2n) is 12.0. The maximum absolute atomic E-state index is 14.6. The van der Waals surface area contributed by atoms with E-state index in [1.165, 1.54) is 43.4 Å². The summed E-state index contributed by atoms with van der Waals surface area (Å²) in [5, 5.41) is 3.48. The first-order valence-corrected chi connectivity index (χ1v) is 16.8. The van der Waals surface area contributed by atoms with Crippen molar-refractivity contribution in [3.63, 3.8) is 0 Å². The molecule has 0 saturated carbocycles. The number of anilines is 1. The third-order valence-corrected chi connectivity index (χ3v) is 9.30. The van der Waals surface area contributed by atoms with Crippen LogP contribution in [0.3, 0.4) is 0 Å². The molecule has 248 valence electrons. The third-order valence-electron chi connectivity index (χ3n) is 7.29. The van der Waals surface area contributed by atoms with Crippen LogP contribution in [0.4, 0.5) is 5.69 Å². The minimum absolute atomic E-state index is 0.00317. The van der Waals surface area contributed by atoms with Crippen LogP contribution in [0, 0.1) is 0 Å². The first kappa shape index (κ1) is 35.3. The van der Waals surface area contributed by atoms with E-state index >= 15 is 0 Å². The average molecular weight is 678 g/mol. The van der Waals surface area contributed by atoms with Crippen molar-refractivity contribution in [3.05, 3.63) is 119 Å². The second-order valence-corrected chi connectivity index (χ2v) is 14.3. The Hall–Kier alpha value is -4.54. The van der Waals surface area contributed by atoms with E-state index in [1.807, 2.05) is 51.1 Å². The number of nitrogens with zero attached hydrogens (tertiary/aromatic N) is 2. The van der Waals surface area contributed by atoms with Crippen molar-refractivity contribution < 1.29 is 27.5 Å². The standard InChI is InChI=1S/C36H40ClN3O6S/c1-36(2,3)38-35(42)32(23-26-12-7-6-8-13-26)39(24-27-14-11-15-28(37)22-27)34(41)25-40(31-16-9-10-17-33(31)46-5)47(43,44)30-20-18-29(45-4)19-21-30/h6-22,32H,23-25H2,1-5H3,(H,38,42). The van der Waals surface area contributed by atoms with Gasteiger partial charge in [0.15, 0.2) is 0 Å². The molecule has 1 atom stereocenters. The maximum Gasteiger partial charge on any atom is 0.264 e. The molecule has 0 heterocycles. The normalized spacial score (nSPS) is 12.1. The molecule has 0 spiro atoms. The van der Waals surface area contributed by atoms with Gasteiger partial charge in [0.05, 0.1) is 24.8 Å². The van der Waals surface area contributed by atoms with Crippen LogP contribution >= 0.6 is 11.6 Å². The zero-order valence-corrected chi connectivity index (χ0v) is 28.7. The molecule has 0 aliphatic carbocycles. The summed E-state index contributed by atoms with van der Waals surface area (Å²) in [6, 6.07) is 27.8. The number of methoxy groups -OCH3 is 2. The van der Waals surface area contributed by atoms with Crippen LogP contribution in [0.1, 0.15) is 31.9 Å². The predicted octanol–water partition coefficient (Wildman–Crippen LogP) is 6.11. The number of amides is 2. The van der Waals surface area contributed by atoms with Gasteiger partial charge in [-0.05, 0) is 80.4 Å². The van der Waals surface area contributed by atoms with Gasteiger partial charge in [-0.25, -0.2) is 8.42 Å². The summed E-state index contributed by atoms with van der Waals surface area (Å²) >= 11 is 6.32. The van der Waals surface area contributed by atoms with Gasteiger partial charge >= 0.3 is 0 Å². The molecule has 1 unspecified atom stereocenters. The van der Waals surface area contributed by atoms with Crippen molar-refractivity contribution in [2.24, 2.45) is 0 Å². The molecule has 4 rings (SSSR count). The smallest absolute Gasteiger partial charge is 0.264 e. The summed E-state index contributed by atoms with van der Waals surface area (Å²) in [6.45, 7) is 4.95. The largest absolute Gasteiger partial charge is 0.497 e. The van der Waals surface area contributed by atoms with Crippen LogP contribution in [0.5, 0.6) is 11.5 Å². The molecule has 0 aliphatic heterocycles. The molecule has 0 bridgehead atoms. The molecular formula is C36H40ClN3O6S. The Morgan fingerprint density at radius 3 is 2.09 bits per heavy atom. The molecule has 0 aromatic heterocycles. The number of halogens is 1. The number of ether oxygens (including phenoxy) is 2. The Labute approximate surface area is 282 Å². The molecule has 47 heavy (non-hydrogen) atoms. The number of benzene rings is 4. The molecule has 11 heteroatoms. The van der Waals surface area contributed by atoms with E-state index in [9.17, 15) is 18.0 Å². The van der Waals surface area contributed by atoms with Crippen LogP contribution in [0.15, 0.2) is 108 Å². The van der Waals surface area contributed by atoms with Crippen molar-refractivity contribution in [1.82, 2.24) is 10.2 Å². The van der Waals surface area contributed by atoms with Gasteiger partial charge in [-0.3, -0.25) is 13.9 Å². The summed E-state index contributed by atoms with van der Waals surface area (Å²) in [6.07, 6.45) is 0.189. The first-order valence-electron chi connectivity index (χ1n) is 15.0. The van der Waals surface area contributed by atoms with E-state index < -0.39 is 34.1 Å². The number of para-hydroxylation sites is 2. The zero-order valence-electron chi connectivity index (χ0n) is 27.1. The topological polar surface area (TPSA) is 105 Å². The van der Waals surface area contributed by atoms with Crippen molar-refractivity contribution >= 4 is 39.1 Å². The second kappa shape index (κ2) is 15.4. The molecule has 4 aromatic carbocycles. The van der Waals surface area contributed by atoms with Crippen LogP contribution in [-0.2, 0) is 32.6 Å². The van der Waals surface area contributed by atoms with Gasteiger partial charge < -0.3 is 19.7 Å². The highest BCUT2D eigenvalue weighted by atomic mass is 35.5. The lowest BCUT2D eigenvalue weighted by Gasteiger charge is -2.35.